The van der Waals surface area contributed by atoms with Gasteiger partial charge in [-0.05, 0) is 0 Å². The van der Waals surface area contributed by atoms with E-state index < -0.39 is 17.6 Å². The number of hydrogen-bond acceptors (Lipinski definition) is 0. The van der Waals surface area contributed by atoms with Crippen LogP contribution in [-0.4, -0.2) is 17.6 Å². The van der Waals surface area contributed by atoms with Crippen molar-refractivity contribution in [3.8, 4) is 0 Å². The van der Waals surface area contributed by atoms with Crippen LogP contribution in [0.3, 0.4) is 0 Å². The van der Waals surface area contributed by atoms with Gasteiger partial charge in [0.15, 0.2) is 17.6 Å². The molecule has 0 amide bonds. The quantitative estimate of drug-likeness (QED) is 0.177. The van der Waals surface area contributed by atoms with E-state index in [2.05, 4.69) is 182 Å². The summed E-state index contributed by atoms with van der Waals surface area (Å²) in [5, 5.41) is 8.61. The van der Waals surface area contributed by atoms with Crippen molar-refractivity contribution >= 4 is 48.7 Å². The third kappa shape index (κ3) is 7.86. The molecule has 0 aliphatic rings. The SMILES string of the molecule is [Hg].c1ccc([Si](c2ccccc2)c2ccccc2)cc1.c1ccc([Si](c2ccccc2)c2ccccc2)cc1. The first-order valence-electron chi connectivity index (χ1n) is 13.0. The van der Waals surface area contributed by atoms with Gasteiger partial charge in [0, 0.05) is 27.7 Å². The van der Waals surface area contributed by atoms with Crippen LogP contribution < -0.4 is 31.1 Å². The van der Waals surface area contributed by atoms with Crippen LogP contribution in [-0.2, 0) is 27.7 Å². The van der Waals surface area contributed by atoms with Crippen molar-refractivity contribution < 1.29 is 27.7 Å². The molecule has 0 heterocycles. The molecule has 0 nitrogen and oxygen atoms in total. The van der Waals surface area contributed by atoms with E-state index in [9.17, 15) is 0 Å². The Morgan fingerprint density at radius 2 is 0.333 bits per heavy atom. The van der Waals surface area contributed by atoms with E-state index in [0.29, 0.717) is 0 Å². The molecule has 6 aromatic carbocycles. The van der Waals surface area contributed by atoms with Crippen LogP contribution in [0.2, 0.25) is 0 Å². The number of benzene rings is 6. The molecule has 2 radical (unpaired) electrons. The molecule has 3 heteroatoms. The fraction of sp³-hybridized carbons (Fsp3) is 0. The average molecular weight is 719 g/mol. The van der Waals surface area contributed by atoms with Gasteiger partial charge in [0.1, 0.15) is 0 Å². The predicted octanol–water partition coefficient (Wildman–Crippen LogP) is 4.40. The summed E-state index contributed by atoms with van der Waals surface area (Å²) in [5.74, 6) is 0. The molecule has 6 aromatic rings. The summed E-state index contributed by atoms with van der Waals surface area (Å²) in [4.78, 5) is 0. The van der Waals surface area contributed by atoms with Gasteiger partial charge in [0.25, 0.3) is 0 Å². The van der Waals surface area contributed by atoms with Gasteiger partial charge in [-0.1, -0.05) is 213 Å². The van der Waals surface area contributed by atoms with Crippen LogP contribution in [0.1, 0.15) is 0 Å². The third-order valence-electron chi connectivity index (χ3n) is 6.37. The van der Waals surface area contributed by atoms with Crippen molar-refractivity contribution in [2.24, 2.45) is 0 Å². The number of hydrogen-bond donors (Lipinski definition) is 0. The zero-order valence-corrected chi connectivity index (χ0v) is 29.5. The van der Waals surface area contributed by atoms with Crippen molar-refractivity contribution in [3.63, 3.8) is 0 Å². The summed E-state index contributed by atoms with van der Waals surface area (Å²) in [6, 6.07) is 65.0. The normalized spacial score (nSPS) is 10.3. The maximum atomic E-state index is 2.24. The first-order chi connectivity index (χ1) is 18.9. The maximum absolute atomic E-state index is 2.24. The average Bonchev–Trinajstić information content (AvgIpc) is 3.01. The third-order valence-corrected chi connectivity index (χ3v) is 11.8. The summed E-state index contributed by atoms with van der Waals surface area (Å²) in [7, 11) is -1.75. The van der Waals surface area contributed by atoms with E-state index >= 15 is 0 Å². The van der Waals surface area contributed by atoms with Gasteiger partial charge in [-0.15, -0.1) is 0 Å². The molecular formula is C36H30HgSi2. The molecule has 0 saturated carbocycles. The molecule has 0 unspecified atom stereocenters. The molecule has 0 saturated heterocycles. The molecule has 0 atom stereocenters. The zero-order valence-electron chi connectivity index (χ0n) is 22.0. The molecule has 184 valence electrons. The molecular weight excluding hydrogens is 689 g/mol. The Morgan fingerprint density at radius 3 is 0.462 bits per heavy atom. The topological polar surface area (TPSA) is 0 Å². The Kier molecular flexibility index (Phi) is 11.3. The molecule has 0 aliphatic heterocycles. The predicted molar refractivity (Wildman–Crippen MR) is 168 cm³/mol. The minimum absolute atomic E-state index is 0. The second-order valence-electron chi connectivity index (χ2n) is 8.95. The van der Waals surface area contributed by atoms with E-state index in [-0.39, 0.29) is 27.7 Å². The van der Waals surface area contributed by atoms with E-state index in [1.807, 2.05) is 0 Å². The van der Waals surface area contributed by atoms with Gasteiger partial charge in [-0.3, -0.25) is 0 Å². The smallest absolute Gasteiger partial charge is 0.0624 e. The van der Waals surface area contributed by atoms with Crippen molar-refractivity contribution in [3.05, 3.63) is 182 Å². The van der Waals surface area contributed by atoms with Crippen molar-refractivity contribution in [1.82, 2.24) is 0 Å². The van der Waals surface area contributed by atoms with E-state index in [0.717, 1.165) is 0 Å². The summed E-state index contributed by atoms with van der Waals surface area (Å²) >= 11 is 0. The first kappa shape index (κ1) is 28.7. The maximum Gasteiger partial charge on any atom is 0.154 e. The van der Waals surface area contributed by atoms with Gasteiger partial charge in [0.2, 0.25) is 0 Å². The van der Waals surface area contributed by atoms with Gasteiger partial charge >= 0.3 is 0 Å². The van der Waals surface area contributed by atoms with E-state index in [1.165, 1.54) is 31.1 Å². The Labute approximate surface area is 256 Å². The minimum Gasteiger partial charge on any atom is -0.0624 e. The summed E-state index contributed by atoms with van der Waals surface area (Å²) in [6.45, 7) is 0. The van der Waals surface area contributed by atoms with Crippen LogP contribution >= 0.6 is 0 Å². The second-order valence-corrected chi connectivity index (χ2v) is 13.9. The Hall–Kier alpha value is -3.31. The molecule has 39 heavy (non-hydrogen) atoms. The van der Waals surface area contributed by atoms with Crippen LogP contribution in [0.25, 0.3) is 0 Å². The van der Waals surface area contributed by atoms with Gasteiger partial charge in [-0.2, -0.15) is 0 Å². The largest absolute Gasteiger partial charge is 0.154 e. The monoisotopic (exact) mass is 720 g/mol. The van der Waals surface area contributed by atoms with Gasteiger partial charge in [0.05, 0.1) is 0 Å². The van der Waals surface area contributed by atoms with Crippen LogP contribution in [0.4, 0.5) is 0 Å². The Bertz CT molecular complexity index is 1170. The van der Waals surface area contributed by atoms with E-state index in [1.54, 1.807) is 0 Å². The molecule has 0 bridgehead atoms. The second kappa shape index (κ2) is 15.3. The number of rotatable bonds is 6. The van der Waals surface area contributed by atoms with Crippen LogP contribution in [0.5, 0.6) is 0 Å². The van der Waals surface area contributed by atoms with Crippen LogP contribution in [0.15, 0.2) is 182 Å². The summed E-state index contributed by atoms with van der Waals surface area (Å²) < 4.78 is 0. The van der Waals surface area contributed by atoms with Crippen molar-refractivity contribution in [1.29, 1.82) is 0 Å². The standard InChI is InChI=1S/2C18H15Si.Hg/c2*1-4-10-16(11-5-1)19(17-12-6-2-7-13-17)18-14-8-3-9-15-18;/h2*1-15H;. The van der Waals surface area contributed by atoms with Crippen molar-refractivity contribution in [2.45, 2.75) is 0 Å². The summed E-state index contributed by atoms with van der Waals surface area (Å²) in [5.41, 5.74) is 0. The fourth-order valence-corrected chi connectivity index (χ4v) is 9.78. The molecule has 0 aromatic heterocycles. The van der Waals surface area contributed by atoms with Gasteiger partial charge in [-0.25, -0.2) is 0 Å². The first-order valence-corrected chi connectivity index (χ1v) is 16.0. The van der Waals surface area contributed by atoms with E-state index in [4.69, 9.17) is 0 Å². The molecule has 6 rings (SSSR count). The summed E-state index contributed by atoms with van der Waals surface area (Å²) in [6.07, 6.45) is 0. The van der Waals surface area contributed by atoms with Gasteiger partial charge < -0.3 is 0 Å². The molecule has 0 spiro atoms. The van der Waals surface area contributed by atoms with Crippen molar-refractivity contribution in [2.75, 3.05) is 0 Å². The Balaban J connectivity index is 0.000000176. The molecule has 0 N–H and O–H groups in total. The molecule has 0 fully saturated rings. The van der Waals surface area contributed by atoms with Crippen LogP contribution in [0, 0.1) is 0 Å². The Morgan fingerprint density at radius 1 is 0.205 bits per heavy atom. The molecule has 0 aliphatic carbocycles. The minimum atomic E-state index is -0.877. The fourth-order valence-electron chi connectivity index (χ4n) is 4.63. The zero-order chi connectivity index (χ0) is 25.8.